The van der Waals surface area contributed by atoms with Crippen LogP contribution in [-0.4, -0.2) is 34.3 Å². The predicted molar refractivity (Wildman–Crippen MR) is 70.1 cm³/mol. The summed E-state index contributed by atoms with van der Waals surface area (Å²) >= 11 is 0. The number of aromatic nitrogens is 1. The number of aromatic hydroxyl groups is 1. The van der Waals surface area contributed by atoms with Crippen LogP contribution in [0.2, 0.25) is 0 Å². The second-order valence-corrected chi connectivity index (χ2v) is 5.58. The Morgan fingerprint density at radius 2 is 1.84 bits per heavy atom. The number of amides is 1. The zero-order valence-corrected chi connectivity index (χ0v) is 11.4. The van der Waals surface area contributed by atoms with Crippen LogP contribution in [0.1, 0.15) is 38.1 Å². The second-order valence-electron chi connectivity index (χ2n) is 5.58. The number of primary amides is 1. The lowest BCUT2D eigenvalue weighted by molar-refractivity contribution is 0.00578. The molecule has 2 heterocycles. The molecule has 0 spiro atoms. The van der Waals surface area contributed by atoms with E-state index in [9.17, 15) is 9.90 Å². The number of carbonyl (C=O) groups excluding carboxylic acids is 1. The molecule has 2 rings (SSSR count). The molecule has 1 aromatic rings. The van der Waals surface area contributed by atoms with Crippen molar-refractivity contribution in [3.8, 4) is 5.75 Å². The van der Waals surface area contributed by atoms with Crippen LogP contribution in [0.3, 0.4) is 0 Å². The van der Waals surface area contributed by atoms with Gasteiger partial charge in [-0.05, 0) is 33.8 Å². The average Bonchev–Trinajstić information content (AvgIpc) is 2.47. The molecule has 0 radical (unpaired) electrons. The van der Waals surface area contributed by atoms with Crippen LogP contribution >= 0.6 is 0 Å². The quantitative estimate of drug-likeness (QED) is 0.743. The number of hydrogen-bond acceptors (Lipinski definition) is 5. The summed E-state index contributed by atoms with van der Waals surface area (Å²) in [4.78, 5) is 15.4. The van der Waals surface area contributed by atoms with Gasteiger partial charge in [-0.1, -0.05) is 0 Å². The van der Waals surface area contributed by atoms with E-state index in [-0.39, 0.29) is 16.9 Å². The van der Waals surface area contributed by atoms with Gasteiger partial charge in [-0.2, -0.15) is 0 Å². The summed E-state index contributed by atoms with van der Waals surface area (Å²) in [6.45, 7) is 7.60. The van der Waals surface area contributed by atoms with E-state index in [1.54, 1.807) is 0 Å². The second kappa shape index (κ2) is 4.21. The minimum Gasteiger partial charge on any atom is -0.506 e. The molecule has 0 saturated carbocycles. The van der Waals surface area contributed by atoms with Crippen LogP contribution < -0.4 is 11.3 Å². The number of rotatable bonds is 2. The van der Waals surface area contributed by atoms with Crippen LogP contribution in [0.5, 0.6) is 5.75 Å². The highest BCUT2D eigenvalue weighted by atomic mass is 16.7. The Kier molecular flexibility index (Phi) is 3.06. The first-order valence-corrected chi connectivity index (χ1v) is 5.98. The van der Waals surface area contributed by atoms with Gasteiger partial charge in [0.05, 0.1) is 28.6 Å². The molecule has 0 atom stereocenters. The lowest BCUT2D eigenvalue weighted by Gasteiger charge is -2.32. The molecule has 1 aliphatic rings. The van der Waals surface area contributed by atoms with E-state index in [2.05, 4.69) is 4.98 Å². The lowest BCUT2D eigenvalue weighted by Crippen LogP contribution is -2.41. The third-order valence-corrected chi connectivity index (χ3v) is 3.65. The van der Waals surface area contributed by atoms with Crippen LogP contribution in [0, 0.1) is 0 Å². The fourth-order valence-corrected chi connectivity index (χ4v) is 1.80. The van der Waals surface area contributed by atoms with E-state index in [0.717, 1.165) is 0 Å². The molecule has 1 amide bonds. The number of nitrogens with two attached hydrogens (primary N) is 1. The number of pyridine rings is 1. The van der Waals surface area contributed by atoms with Gasteiger partial charge in [0.15, 0.2) is 0 Å². The van der Waals surface area contributed by atoms with Crippen molar-refractivity contribution in [1.29, 1.82) is 0 Å². The monoisotopic (exact) mass is 264 g/mol. The van der Waals surface area contributed by atoms with Crippen molar-refractivity contribution in [1.82, 2.24) is 4.98 Å². The third kappa shape index (κ3) is 2.31. The van der Waals surface area contributed by atoms with Crippen molar-refractivity contribution in [3.05, 3.63) is 17.8 Å². The Labute approximate surface area is 112 Å². The molecule has 102 valence electrons. The Hall–Kier alpha value is -1.60. The first-order valence-electron chi connectivity index (χ1n) is 5.98. The summed E-state index contributed by atoms with van der Waals surface area (Å²) < 4.78 is 11.6. The van der Waals surface area contributed by atoms with E-state index < -0.39 is 24.2 Å². The molecular formula is C12H17BN2O4. The van der Waals surface area contributed by atoms with Crippen molar-refractivity contribution in [2.24, 2.45) is 5.73 Å². The largest absolute Gasteiger partial charge is 0.515 e. The molecule has 3 N–H and O–H groups in total. The predicted octanol–water partition coefficient (Wildman–Crippen LogP) is 0.185. The zero-order valence-electron chi connectivity index (χ0n) is 11.4. The molecule has 0 bridgehead atoms. The Balaban J connectivity index is 2.42. The summed E-state index contributed by atoms with van der Waals surface area (Å²) in [5.41, 5.74) is 4.59. The van der Waals surface area contributed by atoms with Crippen molar-refractivity contribution in [2.45, 2.75) is 38.9 Å². The summed E-state index contributed by atoms with van der Waals surface area (Å²) in [7, 11) is -0.784. The van der Waals surface area contributed by atoms with Gasteiger partial charge < -0.3 is 20.1 Å². The van der Waals surface area contributed by atoms with Crippen LogP contribution in [0.25, 0.3) is 0 Å². The van der Waals surface area contributed by atoms with Crippen LogP contribution in [0.4, 0.5) is 0 Å². The fraction of sp³-hybridized carbons (Fsp3) is 0.500. The summed E-state index contributed by atoms with van der Waals surface area (Å²) in [6.07, 6.45) is 1.23. The highest BCUT2D eigenvalue weighted by molar-refractivity contribution is 6.62. The van der Waals surface area contributed by atoms with Gasteiger partial charge in [0.1, 0.15) is 5.75 Å². The molecular weight excluding hydrogens is 247 g/mol. The third-order valence-electron chi connectivity index (χ3n) is 3.65. The van der Waals surface area contributed by atoms with Crippen molar-refractivity contribution in [2.75, 3.05) is 0 Å². The standard InChI is InChI=1S/C12H17BN2O4/c1-11(2)12(3,4)19-13(18-11)9-8(10(14)17)5-7(16)6-15-9/h5-6,16H,1-4H3,(H2,14,17). The molecule has 1 saturated heterocycles. The molecule has 1 aliphatic heterocycles. The van der Waals surface area contributed by atoms with Crippen LogP contribution in [0.15, 0.2) is 12.3 Å². The maximum absolute atomic E-state index is 11.4. The molecule has 0 aromatic carbocycles. The van der Waals surface area contributed by atoms with Gasteiger partial charge >= 0.3 is 7.12 Å². The van der Waals surface area contributed by atoms with E-state index in [0.29, 0.717) is 0 Å². The fourth-order valence-electron chi connectivity index (χ4n) is 1.80. The maximum Gasteiger partial charge on any atom is 0.515 e. The van der Waals surface area contributed by atoms with E-state index in [1.807, 2.05) is 27.7 Å². The van der Waals surface area contributed by atoms with Crippen molar-refractivity contribution < 1.29 is 19.2 Å². The lowest BCUT2D eigenvalue weighted by atomic mass is 9.80. The van der Waals surface area contributed by atoms with Gasteiger partial charge in [-0.3, -0.25) is 9.78 Å². The number of nitrogens with zero attached hydrogens (tertiary/aromatic N) is 1. The van der Waals surface area contributed by atoms with Gasteiger partial charge in [0.2, 0.25) is 5.91 Å². The summed E-state index contributed by atoms with van der Waals surface area (Å²) in [5.74, 6) is -0.817. The van der Waals surface area contributed by atoms with Gasteiger partial charge in [-0.25, -0.2) is 0 Å². The highest BCUT2D eigenvalue weighted by Gasteiger charge is 2.53. The summed E-state index contributed by atoms with van der Waals surface area (Å²) in [5, 5.41) is 9.38. The number of hydrogen-bond donors (Lipinski definition) is 2. The average molecular weight is 264 g/mol. The van der Waals surface area contributed by atoms with Gasteiger partial charge in [-0.15, -0.1) is 0 Å². The Morgan fingerprint density at radius 3 is 2.32 bits per heavy atom. The Morgan fingerprint density at radius 1 is 1.32 bits per heavy atom. The smallest absolute Gasteiger partial charge is 0.506 e. The highest BCUT2D eigenvalue weighted by Crippen LogP contribution is 2.36. The molecule has 1 aromatic heterocycles. The Bertz CT molecular complexity index is 514. The van der Waals surface area contributed by atoms with Gasteiger partial charge in [0, 0.05) is 0 Å². The minimum absolute atomic E-state index is 0.0958. The van der Waals surface area contributed by atoms with Crippen LogP contribution in [-0.2, 0) is 9.31 Å². The summed E-state index contributed by atoms with van der Waals surface area (Å²) in [6, 6.07) is 1.26. The maximum atomic E-state index is 11.4. The molecule has 0 aliphatic carbocycles. The molecule has 7 heteroatoms. The molecule has 19 heavy (non-hydrogen) atoms. The van der Waals surface area contributed by atoms with E-state index in [1.165, 1.54) is 12.3 Å². The van der Waals surface area contributed by atoms with Crippen molar-refractivity contribution in [3.63, 3.8) is 0 Å². The zero-order chi connectivity index (χ0) is 14.4. The number of carbonyl (C=O) groups is 1. The van der Waals surface area contributed by atoms with Gasteiger partial charge in [0.25, 0.3) is 0 Å². The van der Waals surface area contributed by atoms with Crippen molar-refractivity contribution >= 4 is 18.6 Å². The molecule has 0 unspecified atom stereocenters. The SMILES string of the molecule is CC1(C)OB(c2ncc(O)cc2C(N)=O)OC1(C)C. The molecule has 6 nitrogen and oxygen atoms in total. The topological polar surface area (TPSA) is 94.7 Å². The first kappa shape index (κ1) is 13.8. The van der Waals surface area contributed by atoms with E-state index in [4.69, 9.17) is 15.0 Å². The molecule has 1 fully saturated rings. The first-order chi connectivity index (χ1) is 8.64. The van der Waals surface area contributed by atoms with E-state index >= 15 is 0 Å². The minimum atomic E-state index is -0.784. The normalized spacial score (nSPS) is 20.5.